The van der Waals surface area contributed by atoms with Gasteiger partial charge in [-0.25, -0.2) is 0 Å². The third kappa shape index (κ3) is 5.14. The average Bonchev–Trinajstić information content (AvgIpc) is 2.28. The quantitative estimate of drug-likeness (QED) is 0.478. The molecule has 0 aromatic heterocycles. The maximum absolute atomic E-state index is 10.6. The molecular weight excluding hydrogens is 288 g/mol. The number of nitrogens with one attached hydrogen (secondary N) is 1. The molecule has 0 aliphatic rings. The van der Waals surface area contributed by atoms with Crippen molar-refractivity contribution in [3.8, 4) is 5.75 Å². The molecular formula is C11H15BrN2O3. The summed E-state index contributed by atoms with van der Waals surface area (Å²) in [7, 11) is 0. The molecule has 94 valence electrons. The largest absolute Gasteiger partial charge is 0.492 e. The molecule has 0 heterocycles. The third-order valence-electron chi connectivity index (χ3n) is 2.04. The lowest BCUT2D eigenvalue weighted by molar-refractivity contribution is -0.385. The van der Waals surface area contributed by atoms with E-state index in [2.05, 4.69) is 28.2 Å². The number of nitro benzene ring substituents is 1. The van der Waals surface area contributed by atoms with E-state index < -0.39 is 4.92 Å². The van der Waals surface area contributed by atoms with Gasteiger partial charge in [-0.15, -0.1) is 0 Å². The van der Waals surface area contributed by atoms with Gasteiger partial charge in [-0.2, -0.15) is 0 Å². The summed E-state index contributed by atoms with van der Waals surface area (Å²) in [6.45, 7) is 4.26. The molecule has 6 heteroatoms. The number of benzene rings is 1. The number of non-ortho nitro benzene ring substituents is 1. The van der Waals surface area contributed by atoms with Crippen molar-refractivity contribution >= 4 is 21.6 Å². The summed E-state index contributed by atoms with van der Waals surface area (Å²) in [5.41, 5.74) is 0.0240. The van der Waals surface area contributed by atoms with Crippen LogP contribution in [-0.2, 0) is 0 Å². The number of nitro groups is 1. The van der Waals surface area contributed by atoms with Gasteiger partial charge in [0.05, 0.1) is 11.0 Å². The highest BCUT2D eigenvalue weighted by atomic mass is 79.9. The van der Waals surface area contributed by atoms with Crippen LogP contribution in [0.4, 0.5) is 5.69 Å². The fourth-order valence-electron chi connectivity index (χ4n) is 1.28. The highest BCUT2D eigenvalue weighted by Gasteiger charge is 2.09. The monoisotopic (exact) mass is 302 g/mol. The minimum Gasteiger partial charge on any atom is -0.492 e. The van der Waals surface area contributed by atoms with Crippen LogP contribution in [0.15, 0.2) is 22.7 Å². The first-order chi connectivity index (χ1) is 8.13. The smallest absolute Gasteiger partial charge is 0.274 e. The molecule has 0 saturated carbocycles. The van der Waals surface area contributed by atoms with Gasteiger partial charge in [0.2, 0.25) is 0 Å². The zero-order valence-corrected chi connectivity index (χ0v) is 11.2. The van der Waals surface area contributed by atoms with Gasteiger partial charge in [-0.3, -0.25) is 10.1 Å². The molecule has 1 rings (SSSR count). The van der Waals surface area contributed by atoms with Crippen molar-refractivity contribution in [2.45, 2.75) is 13.3 Å². The van der Waals surface area contributed by atoms with Gasteiger partial charge < -0.3 is 10.1 Å². The Labute approximate surface area is 108 Å². The Kier molecular flexibility index (Phi) is 5.93. The zero-order valence-electron chi connectivity index (χ0n) is 9.61. The molecule has 1 aromatic rings. The fourth-order valence-corrected chi connectivity index (χ4v) is 1.74. The number of hydrogen-bond acceptors (Lipinski definition) is 4. The molecule has 0 unspecified atom stereocenters. The first-order valence-corrected chi connectivity index (χ1v) is 6.21. The minimum atomic E-state index is -0.438. The van der Waals surface area contributed by atoms with E-state index in [1.54, 1.807) is 6.07 Å². The molecule has 0 aliphatic heterocycles. The van der Waals surface area contributed by atoms with Gasteiger partial charge in [-0.1, -0.05) is 22.9 Å². The van der Waals surface area contributed by atoms with Crippen molar-refractivity contribution in [3.05, 3.63) is 32.8 Å². The van der Waals surface area contributed by atoms with Crippen molar-refractivity contribution in [2.75, 3.05) is 19.7 Å². The number of halogens is 1. The van der Waals surface area contributed by atoms with Crippen LogP contribution in [-0.4, -0.2) is 24.6 Å². The van der Waals surface area contributed by atoms with E-state index in [-0.39, 0.29) is 5.69 Å². The number of hydrogen-bond donors (Lipinski definition) is 1. The summed E-state index contributed by atoms with van der Waals surface area (Å²) >= 11 is 3.22. The van der Waals surface area contributed by atoms with Gasteiger partial charge >= 0.3 is 0 Å². The van der Waals surface area contributed by atoms with E-state index >= 15 is 0 Å². The molecule has 0 fully saturated rings. The lowest BCUT2D eigenvalue weighted by Gasteiger charge is -2.07. The third-order valence-corrected chi connectivity index (χ3v) is 2.50. The molecule has 1 N–H and O–H groups in total. The summed E-state index contributed by atoms with van der Waals surface area (Å²) in [4.78, 5) is 10.2. The lowest BCUT2D eigenvalue weighted by atomic mass is 10.3. The van der Waals surface area contributed by atoms with E-state index in [9.17, 15) is 10.1 Å². The maximum atomic E-state index is 10.6. The Bertz CT molecular complexity index is 385. The van der Waals surface area contributed by atoms with E-state index in [0.717, 1.165) is 19.5 Å². The van der Waals surface area contributed by atoms with Gasteiger partial charge in [0.15, 0.2) is 0 Å². The SMILES string of the molecule is CCCNCCOc1cc(Br)cc([N+](=O)[O-])c1. The number of ether oxygens (including phenoxy) is 1. The standard InChI is InChI=1S/C11H15BrN2O3/c1-2-3-13-4-5-17-11-7-9(12)6-10(8-11)14(15)16/h6-8,13H,2-5H2,1H3. The Morgan fingerprint density at radius 2 is 2.18 bits per heavy atom. The summed E-state index contributed by atoms with van der Waals surface area (Å²) < 4.78 is 6.07. The normalized spacial score (nSPS) is 10.2. The van der Waals surface area contributed by atoms with Crippen LogP contribution in [0.1, 0.15) is 13.3 Å². The molecule has 17 heavy (non-hydrogen) atoms. The fraction of sp³-hybridized carbons (Fsp3) is 0.455. The van der Waals surface area contributed by atoms with Crippen LogP contribution < -0.4 is 10.1 Å². The topological polar surface area (TPSA) is 64.4 Å². The van der Waals surface area contributed by atoms with Gasteiger partial charge in [0.25, 0.3) is 5.69 Å². The van der Waals surface area contributed by atoms with Crippen LogP contribution >= 0.6 is 15.9 Å². The summed E-state index contributed by atoms with van der Waals surface area (Å²) in [6, 6.07) is 4.58. The van der Waals surface area contributed by atoms with Gasteiger partial charge in [0.1, 0.15) is 12.4 Å². The average molecular weight is 303 g/mol. The zero-order chi connectivity index (χ0) is 12.7. The Hall–Kier alpha value is -1.14. The highest BCUT2D eigenvalue weighted by molar-refractivity contribution is 9.10. The molecule has 0 bridgehead atoms. The highest BCUT2D eigenvalue weighted by Crippen LogP contribution is 2.25. The predicted molar refractivity (Wildman–Crippen MR) is 69.5 cm³/mol. The second-order valence-electron chi connectivity index (χ2n) is 3.50. The van der Waals surface area contributed by atoms with Gasteiger partial charge in [0, 0.05) is 17.1 Å². The Morgan fingerprint density at radius 1 is 1.41 bits per heavy atom. The van der Waals surface area contributed by atoms with Crippen LogP contribution in [0.5, 0.6) is 5.75 Å². The molecule has 5 nitrogen and oxygen atoms in total. The van der Waals surface area contributed by atoms with E-state index in [4.69, 9.17) is 4.74 Å². The van der Waals surface area contributed by atoms with Crippen molar-refractivity contribution in [1.29, 1.82) is 0 Å². The first-order valence-electron chi connectivity index (χ1n) is 5.42. The summed E-state index contributed by atoms with van der Waals surface area (Å²) in [5.74, 6) is 0.504. The number of rotatable bonds is 7. The molecule has 0 spiro atoms. The number of nitrogens with zero attached hydrogens (tertiary/aromatic N) is 1. The molecule has 0 amide bonds. The van der Waals surface area contributed by atoms with Crippen LogP contribution in [0.2, 0.25) is 0 Å². The predicted octanol–water partition coefficient (Wildman–Crippen LogP) is 2.74. The second kappa shape index (κ2) is 7.24. The van der Waals surface area contributed by atoms with Gasteiger partial charge in [-0.05, 0) is 19.0 Å². The summed E-state index contributed by atoms with van der Waals surface area (Å²) in [6.07, 6.45) is 1.07. The Balaban J connectivity index is 2.50. The Morgan fingerprint density at radius 3 is 2.82 bits per heavy atom. The minimum absolute atomic E-state index is 0.0240. The molecule has 0 atom stereocenters. The van der Waals surface area contributed by atoms with E-state index in [1.165, 1.54) is 12.1 Å². The molecule has 1 aromatic carbocycles. The maximum Gasteiger partial charge on any atom is 0.274 e. The first kappa shape index (κ1) is 13.9. The molecule has 0 radical (unpaired) electrons. The van der Waals surface area contributed by atoms with Crippen LogP contribution in [0.25, 0.3) is 0 Å². The van der Waals surface area contributed by atoms with Crippen molar-refractivity contribution < 1.29 is 9.66 Å². The summed E-state index contributed by atoms with van der Waals surface area (Å²) in [5, 5.41) is 13.8. The van der Waals surface area contributed by atoms with E-state index in [0.29, 0.717) is 16.8 Å². The van der Waals surface area contributed by atoms with Crippen molar-refractivity contribution in [2.24, 2.45) is 0 Å². The lowest BCUT2D eigenvalue weighted by Crippen LogP contribution is -2.21. The van der Waals surface area contributed by atoms with Crippen LogP contribution in [0.3, 0.4) is 0 Å². The van der Waals surface area contributed by atoms with Crippen molar-refractivity contribution in [1.82, 2.24) is 5.32 Å². The second-order valence-corrected chi connectivity index (χ2v) is 4.42. The van der Waals surface area contributed by atoms with E-state index in [1.807, 2.05) is 0 Å². The molecule has 0 aliphatic carbocycles. The van der Waals surface area contributed by atoms with Crippen molar-refractivity contribution in [3.63, 3.8) is 0 Å². The molecule has 0 saturated heterocycles. The van der Waals surface area contributed by atoms with Crippen LogP contribution in [0, 0.1) is 10.1 Å².